The zero-order valence-electron chi connectivity index (χ0n) is 18.2. The average Bonchev–Trinajstić information content (AvgIpc) is 2.98. The third-order valence-electron chi connectivity index (χ3n) is 6.90. The number of morpholine rings is 1. The standard InChI is InChI=1S/C23H28N4O5/c1-14-11-26(13-23(32-14)6-8-24-9-7-23)12-15-2-3-16-17(10-15)22(31)27(21(16)30)18-4-5-19(28)25-20(18)29/h2-3,10,14,18,24H,4-9,11-13H2,1H3,(H,25,28,29). The van der Waals surface area contributed by atoms with Gasteiger partial charge in [-0.2, -0.15) is 0 Å². The third kappa shape index (κ3) is 3.74. The Morgan fingerprint density at radius 2 is 1.84 bits per heavy atom. The number of carbonyl (C=O) groups excluding carboxylic acids is 4. The molecule has 0 radical (unpaired) electrons. The lowest BCUT2D eigenvalue weighted by molar-refractivity contribution is -0.162. The molecular weight excluding hydrogens is 412 g/mol. The minimum Gasteiger partial charge on any atom is -0.369 e. The van der Waals surface area contributed by atoms with Crippen molar-refractivity contribution < 1.29 is 23.9 Å². The van der Waals surface area contributed by atoms with Crippen molar-refractivity contribution in [1.29, 1.82) is 0 Å². The molecule has 170 valence electrons. The molecule has 1 aromatic rings. The number of fused-ring (bicyclic) bond motifs is 1. The summed E-state index contributed by atoms with van der Waals surface area (Å²) in [4.78, 5) is 53.0. The lowest BCUT2D eigenvalue weighted by atomic mass is 9.89. The lowest BCUT2D eigenvalue weighted by Gasteiger charge is -2.47. The summed E-state index contributed by atoms with van der Waals surface area (Å²) in [5.74, 6) is -1.91. The predicted molar refractivity (Wildman–Crippen MR) is 114 cm³/mol. The molecule has 0 aliphatic carbocycles. The Morgan fingerprint density at radius 1 is 1.09 bits per heavy atom. The van der Waals surface area contributed by atoms with E-state index in [0.717, 1.165) is 49.5 Å². The molecule has 0 saturated carbocycles. The summed E-state index contributed by atoms with van der Waals surface area (Å²) in [5, 5.41) is 5.62. The number of benzene rings is 1. The fourth-order valence-electron chi connectivity index (χ4n) is 5.49. The molecule has 2 atom stereocenters. The largest absolute Gasteiger partial charge is 0.369 e. The van der Waals surface area contributed by atoms with E-state index in [9.17, 15) is 19.2 Å². The van der Waals surface area contributed by atoms with Crippen LogP contribution in [0.4, 0.5) is 0 Å². The van der Waals surface area contributed by atoms with Gasteiger partial charge in [0.05, 0.1) is 22.8 Å². The maximum absolute atomic E-state index is 13.1. The van der Waals surface area contributed by atoms with E-state index < -0.39 is 23.8 Å². The first-order valence-corrected chi connectivity index (χ1v) is 11.3. The van der Waals surface area contributed by atoms with Crippen LogP contribution in [0.1, 0.15) is 58.9 Å². The van der Waals surface area contributed by atoms with Gasteiger partial charge in [-0.15, -0.1) is 0 Å². The van der Waals surface area contributed by atoms with Crippen LogP contribution >= 0.6 is 0 Å². The number of piperidine rings is 2. The molecule has 4 aliphatic heterocycles. The van der Waals surface area contributed by atoms with E-state index in [1.807, 2.05) is 6.07 Å². The molecular formula is C23H28N4O5. The van der Waals surface area contributed by atoms with Gasteiger partial charge in [0.15, 0.2) is 0 Å². The van der Waals surface area contributed by atoms with Gasteiger partial charge >= 0.3 is 0 Å². The number of amides is 4. The second-order valence-electron chi connectivity index (χ2n) is 9.36. The Bertz CT molecular complexity index is 987. The molecule has 4 amide bonds. The zero-order valence-corrected chi connectivity index (χ0v) is 18.2. The second-order valence-corrected chi connectivity index (χ2v) is 9.36. The van der Waals surface area contributed by atoms with Gasteiger partial charge in [-0.1, -0.05) is 6.07 Å². The van der Waals surface area contributed by atoms with Crippen LogP contribution in [-0.2, 0) is 20.9 Å². The quantitative estimate of drug-likeness (QED) is 0.657. The summed E-state index contributed by atoms with van der Waals surface area (Å²) in [6.45, 7) is 6.31. The van der Waals surface area contributed by atoms with Crippen LogP contribution < -0.4 is 10.6 Å². The molecule has 3 saturated heterocycles. The van der Waals surface area contributed by atoms with Crippen LogP contribution in [0.3, 0.4) is 0 Å². The first kappa shape index (κ1) is 21.2. The van der Waals surface area contributed by atoms with Crippen molar-refractivity contribution in [3.63, 3.8) is 0 Å². The number of hydrogen-bond donors (Lipinski definition) is 2. The van der Waals surface area contributed by atoms with E-state index >= 15 is 0 Å². The number of carbonyl (C=O) groups is 4. The Morgan fingerprint density at radius 3 is 2.59 bits per heavy atom. The van der Waals surface area contributed by atoms with Crippen molar-refractivity contribution in [1.82, 2.24) is 20.4 Å². The molecule has 1 aromatic carbocycles. The molecule has 9 heteroatoms. The van der Waals surface area contributed by atoms with Gasteiger partial charge in [-0.3, -0.25) is 34.3 Å². The summed E-state index contributed by atoms with van der Waals surface area (Å²) in [7, 11) is 0. The highest BCUT2D eigenvalue weighted by atomic mass is 16.5. The summed E-state index contributed by atoms with van der Waals surface area (Å²) in [6, 6.07) is 4.40. The summed E-state index contributed by atoms with van der Waals surface area (Å²) >= 11 is 0. The van der Waals surface area contributed by atoms with E-state index in [4.69, 9.17) is 4.74 Å². The maximum Gasteiger partial charge on any atom is 0.262 e. The van der Waals surface area contributed by atoms with Gasteiger partial charge < -0.3 is 10.1 Å². The molecule has 2 unspecified atom stereocenters. The number of nitrogens with one attached hydrogen (secondary N) is 2. The third-order valence-corrected chi connectivity index (χ3v) is 6.90. The molecule has 0 bridgehead atoms. The van der Waals surface area contributed by atoms with E-state index in [-0.39, 0.29) is 30.5 Å². The Kier molecular flexibility index (Phi) is 5.35. The van der Waals surface area contributed by atoms with Gasteiger partial charge in [0.1, 0.15) is 6.04 Å². The number of nitrogens with zero attached hydrogens (tertiary/aromatic N) is 2. The van der Waals surface area contributed by atoms with E-state index in [1.165, 1.54) is 0 Å². The molecule has 32 heavy (non-hydrogen) atoms. The smallest absolute Gasteiger partial charge is 0.262 e. The van der Waals surface area contributed by atoms with Crippen molar-refractivity contribution >= 4 is 23.6 Å². The summed E-state index contributed by atoms with van der Waals surface area (Å²) < 4.78 is 6.34. The van der Waals surface area contributed by atoms with Crippen LogP contribution in [0, 0.1) is 0 Å². The number of ether oxygens (including phenoxy) is 1. The normalized spacial score (nSPS) is 28.2. The first-order chi connectivity index (χ1) is 15.3. The minimum atomic E-state index is -0.941. The highest BCUT2D eigenvalue weighted by molar-refractivity contribution is 6.23. The van der Waals surface area contributed by atoms with Crippen molar-refractivity contribution in [2.75, 3.05) is 26.2 Å². The van der Waals surface area contributed by atoms with Crippen LogP contribution in [-0.4, -0.2) is 77.4 Å². The molecule has 4 heterocycles. The summed E-state index contributed by atoms with van der Waals surface area (Å²) in [5.41, 5.74) is 1.46. The molecule has 3 fully saturated rings. The number of rotatable bonds is 3. The maximum atomic E-state index is 13.1. The van der Waals surface area contributed by atoms with Crippen molar-refractivity contribution in [2.45, 2.75) is 56.9 Å². The van der Waals surface area contributed by atoms with Crippen LogP contribution in [0.25, 0.3) is 0 Å². The van der Waals surface area contributed by atoms with Crippen LogP contribution in [0.15, 0.2) is 18.2 Å². The topological polar surface area (TPSA) is 108 Å². The fraction of sp³-hybridized carbons (Fsp3) is 0.565. The average molecular weight is 441 g/mol. The second kappa shape index (κ2) is 8.06. The molecule has 4 aliphatic rings. The van der Waals surface area contributed by atoms with Gasteiger partial charge in [0, 0.05) is 26.1 Å². The molecule has 9 nitrogen and oxygen atoms in total. The number of hydrogen-bond acceptors (Lipinski definition) is 7. The molecule has 2 N–H and O–H groups in total. The highest BCUT2D eigenvalue weighted by Gasteiger charge is 2.45. The van der Waals surface area contributed by atoms with Crippen LogP contribution in [0.5, 0.6) is 0 Å². The monoisotopic (exact) mass is 440 g/mol. The van der Waals surface area contributed by atoms with Gasteiger partial charge in [0.2, 0.25) is 11.8 Å². The molecule has 5 rings (SSSR count). The SMILES string of the molecule is CC1CN(Cc2ccc3c(c2)C(=O)N(C2CCC(=O)NC2=O)C3=O)CC2(CCNCC2)O1. The van der Waals surface area contributed by atoms with Crippen LogP contribution in [0.2, 0.25) is 0 Å². The Labute approximate surface area is 186 Å². The minimum absolute atomic E-state index is 0.113. The first-order valence-electron chi connectivity index (χ1n) is 11.3. The molecule has 0 aromatic heterocycles. The highest BCUT2D eigenvalue weighted by Crippen LogP contribution is 2.32. The zero-order chi connectivity index (χ0) is 22.5. The van der Waals surface area contributed by atoms with Gasteiger partial charge in [-0.05, 0) is 57.0 Å². The Hall–Kier alpha value is -2.62. The van der Waals surface area contributed by atoms with E-state index in [1.54, 1.807) is 12.1 Å². The summed E-state index contributed by atoms with van der Waals surface area (Å²) in [6.07, 6.45) is 2.35. The van der Waals surface area contributed by atoms with Crippen molar-refractivity contribution in [2.24, 2.45) is 0 Å². The number of imide groups is 2. The molecule has 1 spiro atoms. The lowest BCUT2D eigenvalue weighted by Crippen LogP contribution is -2.58. The van der Waals surface area contributed by atoms with Crippen molar-refractivity contribution in [3.8, 4) is 0 Å². The van der Waals surface area contributed by atoms with Gasteiger partial charge in [0.25, 0.3) is 11.8 Å². The van der Waals surface area contributed by atoms with E-state index in [2.05, 4.69) is 22.5 Å². The van der Waals surface area contributed by atoms with Crippen molar-refractivity contribution in [3.05, 3.63) is 34.9 Å². The van der Waals surface area contributed by atoms with Gasteiger partial charge in [-0.25, -0.2) is 0 Å². The predicted octanol–water partition coefficient (Wildman–Crippen LogP) is 0.431. The fourth-order valence-corrected chi connectivity index (χ4v) is 5.49. The Balaban J connectivity index is 1.33. The van der Waals surface area contributed by atoms with E-state index in [0.29, 0.717) is 17.7 Å².